The minimum atomic E-state index is -1.06. The van der Waals surface area contributed by atoms with Gasteiger partial charge in [0.1, 0.15) is 0 Å². The normalized spacial score (nSPS) is 11.9. The molecule has 5 heteroatoms. The minimum Gasteiger partial charge on any atom is -0.445 e. The zero-order valence-corrected chi connectivity index (χ0v) is 19.0. The van der Waals surface area contributed by atoms with Gasteiger partial charge in [-0.3, -0.25) is 4.79 Å². The molecule has 0 aliphatic rings. The number of ether oxygens (including phenoxy) is 1. The molecule has 0 unspecified atom stereocenters. The number of rotatable bonds is 6. The fourth-order valence-corrected chi connectivity index (χ4v) is 4.43. The van der Waals surface area contributed by atoms with Gasteiger partial charge in [-0.2, -0.15) is 0 Å². The number of carbonyl (C=O) groups excluding carboxylic acids is 2. The van der Waals surface area contributed by atoms with Crippen LogP contribution in [-0.4, -0.2) is 21.3 Å². The van der Waals surface area contributed by atoms with E-state index in [1.807, 2.05) is 97.3 Å². The van der Waals surface area contributed by atoms with Crippen LogP contribution in [0, 0.1) is 13.8 Å². The molecule has 0 spiro atoms. The third-order valence-corrected chi connectivity index (χ3v) is 6.09. The number of esters is 1. The fourth-order valence-electron chi connectivity index (χ4n) is 4.43. The summed E-state index contributed by atoms with van der Waals surface area (Å²) in [7, 11) is 0. The second-order valence-corrected chi connectivity index (χ2v) is 8.26. The van der Waals surface area contributed by atoms with Crippen molar-refractivity contribution in [2.45, 2.75) is 20.0 Å². The van der Waals surface area contributed by atoms with Gasteiger partial charge in [-0.25, -0.2) is 4.79 Å². The lowest BCUT2D eigenvalue weighted by Gasteiger charge is -2.17. The van der Waals surface area contributed by atoms with Gasteiger partial charge in [0.2, 0.25) is 5.78 Å². The van der Waals surface area contributed by atoms with Gasteiger partial charge in [-0.1, -0.05) is 66.7 Å². The molecule has 5 nitrogen and oxygen atoms in total. The van der Waals surface area contributed by atoms with Crippen molar-refractivity contribution in [2.24, 2.45) is 0 Å². The highest BCUT2D eigenvalue weighted by Crippen LogP contribution is 2.29. The molecule has 0 radical (unpaired) electrons. The predicted octanol–water partition coefficient (Wildman–Crippen LogP) is 6.36. The van der Waals surface area contributed by atoms with Crippen LogP contribution in [0.15, 0.2) is 97.2 Å². The van der Waals surface area contributed by atoms with Crippen molar-refractivity contribution in [3.8, 4) is 5.69 Å². The lowest BCUT2D eigenvalue weighted by atomic mass is 9.99. The Labute approximate surface area is 197 Å². The van der Waals surface area contributed by atoms with Gasteiger partial charge in [-0.15, -0.1) is 0 Å². The number of nitrogens with one attached hydrogen (secondary N) is 1. The lowest BCUT2D eigenvalue weighted by molar-refractivity contribution is 0.0280. The van der Waals surface area contributed by atoms with Gasteiger partial charge in [0.15, 0.2) is 6.10 Å². The van der Waals surface area contributed by atoms with Crippen molar-refractivity contribution < 1.29 is 14.3 Å². The van der Waals surface area contributed by atoms with Crippen LogP contribution in [-0.2, 0) is 4.74 Å². The highest BCUT2D eigenvalue weighted by molar-refractivity contribution is 6.11. The summed E-state index contributed by atoms with van der Waals surface area (Å²) in [5.41, 5.74) is 5.06. The maximum atomic E-state index is 13.7. The Morgan fingerprint density at radius 1 is 0.824 bits per heavy atom. The van der Waals surface area contributed by atoms with E-state index in [0.717, 1.165) is 28.0 Å². The number of H-pyrrole nitrogens is 1. The van der Waals surface area contributed by atoms with E-state index in [-0.39, 0.29) is 5.78 Å². The van der Waals surface area contributed by atoms with Crippen LogP contribution in [0.5, 0.6) is 0 Å². The Morgan fingerprint density at radius 2 is 1.47 bits per heavy atom. The second-order valence-electron chi connectivity index (χ2n) is 8.26. The van der Waals surface area contributed by atoms with Crippen LogP contribution in [0.1, 0.15) is 43.8 Å². The minimum absolute atomic E-state index is 0.270. The van der Waals surface area contributed by atoms with Gasteiger partial charge in [0, 0.05) is 45.3 Å². The number of Topliss-reactive ketones (excluding diaryl/α,β-unsaturated/α-hetero) is 1. The first-order chi connectivity index (χ1) is 16.5. The van der Waals surface area contributed by atoms with Gasteiger partial charge in [-0.05, 0) is 38.1 Å². The van der Waals surface area contributed by atoms with E-state index in [1.165, 1.54) is 0 Å². The van der Waals surface area contributed by atoms with Gasteiger partial charge < -0.3 is 14.3 Å². The summed E-state index contributed by atoms with van der Waals surface area (Å²) >= 11 is 0. The molecule has 2 heterocycles. The van der Waals surface area contributed by atoms with Gasteiger partial charge >= 0.3 is 5.97 Å². The van der Waals surface area contributed by atoms with E-state index < -0.39 is 12.1 Å². The van der Waals surface area contributed by atoms with Crippen molar-refractivity contribution >= 4 is 22.7 Å². The number of para-hydroxylation sites is 2. The molecule has 0 fully saturated rings. The molecule has 1 atom stereocenters. The van der Waals surface area contributed by atoms with E-state index in [2.05, 4.69) is 4.98 Å². The first-order valence-electron chi connectivity index (χ1n) is 11.1. The third kappa shape index (κ3) is 3.82. The monoisotopic (exact) mass is 448 g/mol. The van der Waals surface area contributed by atoms with Crippen LogP contribution < -0.4 is 0 Å². The Balaban J connectivity index is 1.52. The molecule has 34 heavy (non-hydrogen) atoms. The van der Waals surface area contributed by atoms with Crippen molar-refractivity contribution in [1.82, 2.24) is 9.55 Å². The van der Waals surface area contributed by atoms with Crippen LogP contribution in [0.25, 0.3) is 16.6 Å². The van der Waals surface area contributed by atoms with E-state index in [0.29, 0.717) is 16.7 Å². The molecule has 2 aromatic heterocycles. The van der Waals surface area contributed by atoms with Gasteiger partial charge in [0.25, 0.3) is 0 Å². The lowest BCUT2D eigenvalue weighted by Crippen LogP contribution is -2.20. The van der Waals surface area contributed by atoms with E-state index >= 15 is 0 Å². The number of aryl methyl sites for hydroxylation is 1. The van der Waals surface area contributed by atoms with Crippen molar-refractivity contribution in [3.05, 3.63) is 125 Å². The summed E-state index contributed by atoms with van der Waals surface area (Å²) < 4.78 is 7.94. The van der Waals surface area contributed by atoms with E-state index in [1.54, 1.807) is 18.3 Å². The molecule has 1 N–H and O–H groups in total. The number of aromatic amines is 1. The molecule has 0 bridgehead atoms. The standard InChI is InChI=1S/C29H24N2O3/c1-19-17-24(20(2)31(19)22-13-7-4-8-14-22)29(33)34-28(21-11-5-3-6-12-21)27(32)25-18-30-26-16-10-9-15-23(25)26/h3-18,28,30H,1-2H3/t28-/m1/s1. The quantitative estimate of drug-likeness (QED) is 0.243. The van der Waals surface area contributed by atoms with Crippen LogP contribution in [0.3, 0.4) is 0 Å². The number of ketones is 1. The summed E-state index contributed by atoms with van der Waals surface area (Å²) in [6.07, 6.45) is 0.616. The van der Waals surface area contributed by atoms with E-state index in [4.69, 9.17) is 4.74 Å². The molecule has 3 aromatic carbocycles. The molecule has 5 aromatic rings. The SMILES string of the molecule is Cc1cc(C(=O)O[C@@H](C(=O)c2c[nH]c3ccccc23)c2ccccc2)c(C)n1-c1ccccc1. The molecule has 0 amide bonds. The van der Waals surface area contributed by atoms with Crippen molar-refractivity contribution in [2.75, 3.05) is 0 Å². The average molecular weight is 449 g/mol. The number of hydrogen-bond donors (Lipinski definition) is 1. The molecule has 0 saturated carbocycles. The number of carbonyl (C=O) groups is 2. The first-order valence-corrected chi connectivity index (χ1v) is 11.1. The van der Waals surface area contributed by atoms with Crippen LogP contribution >= 0.6 is 0 Å². The first kappa shape index (κ1) is 21.5. The number of nitrogens with zero attached hydrogens (tertiary/aromatic N) is 1. The van der Waals surface area contributed by atoms with Crippen LogP contribution in [0.2, 0.25) is 0 Å². The molecule has 168 valence electrons. The highest BCUT2D eigenvalue weighted by atomic mass is 16.5. The highest BCUT2D eigenvalue weighted by Gasteiger charge is 2.30. The molecule has 0 saturated heterocycles. The van der Waals surface area contributed by atoms with E-state index in [9.17, 15) is 9.59 Å². The summed E-state index contributed by atoms with van der Waals surface area (Å²) in [5.74, 6) is -0.800. The Bertz CT molecular complexity index is 1480. The predicted molar refractivity (Wildman–Crippen MR) is 132 cm³/mol. The number of benzene rings is 3. The Hall–Kier alpha value is -4.38. The molecule has 0 aliphatic heterocycles. The Kier molecular flexibility index (Phi) is 5.60. The molecular weight excluding hydrogens is 424 g/mol. The summed E-state index contributed by atoms with van der Waals surface area (Å²) in [6.45, 7) is 3.83. The largest absolute Gasteiger partial charge is 0.445 e. The van der Waals surface area contributed by atoms with Crippen molar-refractivity contribution in [3.63, 3.8) is 0 Å². The maximum absolute atomic E-state index is 13.7. The van der Waals surface area contributed by atoms with Crippen LogP contribution in [0.4, 0.5) is 0 Å². The van der Waals surface area contributed by atoms with Gasteiger partial charge in [0.05, 0.1) is 5.56 Å². The van der Waals surface area contributed by atoms with Crippen molar-refractivity contribution in [1.29, 1.82) is 0 Å². The summed E-state index contributed by atoms with van der Waals surface area (Å²) in [5, 5.41) is 0.798. The number of aromatic nitrogens is 2. The number of hydrogen-bond acceptors (Lipinski definition) is 3. The zero-order valence-electron chi connectivity index (χ0n) is 19.0. The fraction of sp³-hybridized carbons (Fsp3) is 0.103. The second kappa shape index (κ2) is 8.87. The maximum Gasteiger partial charge on any atom is 0.341 e. The third-order valence-electron chi connectivity index (χ3n) is 6.09. The average Bonchev–Trinajstić information content (AvgIpc) is 3.43. The summed E-state index contributed by atoms with van der Waals surface area (Å²) in [6, 6.07) is 28.4. The topological polar surface area (TPSA) is 64.1 Å². The zero-order chi connectivity index (χ0) is 23.7. The molecule has 5 rings (SSSR count). The smallest absolute Gasteiger partial charge is 0.341 e. The molecule has 0 aliphatic carbocycles. The Morgan fingerprint density at radius 3 is 2.21 bits per heavy atom. The summed E-state index contributed by atoms with van der Waals surface area (Å²) in [4.78, 5) is 30.2. The number of fused-ring (bicyclic) bond motifs is 1. The molecular formula is C29H24N2O3.